The van der Waals surface area contributed by atoms with Gasteiger partial charge in [-0.2, -0.15) is 0 Å². The number of hydrogen-bond acceptors (Lipinski definition) is 6. The molecule has 114 valence electrons. The number of morpholine rings is 1. The van der Waals surface area contributed by atoms with Crippen LogP contribution < -0.4 is 10.6 Å². The maximum Gasteiger partial charge on any atom is 0.292 e. The fourth-order valence-corrected chi connectivity index (χ4v) is 2.90. The van der Waals surface area contributed by atoms with Crippen molar-refractivity contribution < 1.29 is 9.66 Å². The summed E-state index contributed by atoms with van der Waals surface area (Å²) in [5, 5.41) is 17.7. The summed E-state index contributed by atoms with van der Waals surface area (Å²) >= 11 is 0. The molecule has 3 rings (SSSR count). The number of fused-ring (bicyclic) bond motifs is 1. The Morgan fingerprint density at radius 2 is 2.19 bits per heavy atom. The molecule has 2 N–H and O–H groups in total. The Balaban J connectivity index is 1.68. The first-order valence-corrected chi connectivity index (χ1v) is 7.34. The van der Waals surface area contributed by atoms with Gasteiger partial charge in [-0.3, -0.25) is 15.0 Å². The molecule has 1 aromatic carbocycles. The minimum Gasteiger partial charge on any atom is -0.384 e. The summed E-state index contributed by atoms with van der Waals surface area (Å²) in [6, 6.07) is 3.38. The third-order valence-corrected chi connectivity index (χ3v) is 4.01. The Morgan fingerprint density at radius 1 is 1.38 bits per heavy atom. The van der Waals surface area contributed by atoms with Crippen molar-refractivity contribution >= 4 is 17.1 Å². The normalized spacial score (nSPS) is 18.1. The standard InChI is InChI=1S/C14H20N4O3/c19-18(20)13-2-1-12-11(3-4-15-12)14(13)16-5-6-17-7-9-21-10-8-17/h1-2,15-16H,3-10H2. The molecule has 0 atom stereocenters. The van der Waals surface area contributed by atoms with Crippen molar-refractivity contribution in [3.63, 3.8) is 0 Å². The van der Waals surface area contributed by atoms with Gasteiger partial charge in [0.15, 0.2) is 0 Å². The minimum atomic E-state index is -0.310. The molecule has 7 heteroatoms. The van der Waals surface area contributed by atoms with E-state index in [-0.39, 0.29) is 10.6 Å². The van der Waals surface area contributed by atoms with Crippen LogP contribution in [0.3, 0.4) is 0 Å². The first-order chi connectivity index (χ1) is 10.3. The van der Waals surface area contributed by atoms with Crippen LogP contribution in [-0.4, -0.2) is 55.8 Å². The van der Waals surface area contributed by atoms with Crippen LogP contribution >= 0.6 is 0 Å². The number of ether oxygens (including phenoxy) is 1. The Bertz CT molecular complexity index is 529. The molecule has 0 radical (unpaired) electrons. The highest BCUT2D eigenvalue weighted by atomic mass is 16.6. The molecule has 2 heterocycles. The highest BCUT2D eigenvalue weighted by Gasteiger charge is 2.23. The van der Waals surface area contributed by atoms with Gasteiger partial charge in [-0.15, -0.1) is 0 Å². The molecule has 0 aliphatic carbocycles. The Morgan fingerprint density at radius 3 is 2.95 bits per heavy atom. The predicted molar refractivity (Wildman–Crippen MR) is 81.0 cm³/mol. The summed E-state index contributed by atoms with van der Waals surface area (Å²) in [6.45, 7) is 5.82. The molecular weight excluding hydrogens is 272 g/mol. The van der Waals surface area contributed by atoms with E-state index in [1.807, 2.05) is 0 Å². The van der Waals surface area contributed by atoms with Crippen molar-refractivity contribution in [2.24, 2.45) is 0 Å². The molecule has 0 amide bonds. The largest absolute Gasteiger partial charge is 0.384 e. The lowest BCUT2D eigenvalue weighted by atomic mass is 10.1. The van der Waals surface area contributed by atoms with E-state index in [1.54, 1.807) is 12.1 Å². The SMILES string of the molecule is O=[N+]([O-])c1ccc2c(c1NCCN1CCOCC1)CCN2. The predicted octanol–water partition coefficient (Wildman–Crippen LogP) is 1.31. The third kappa shape index (κ3) is 3.08. The van der Waals surface area contributed by atoms with Crippen molar-refractivity contribution in [1.82, 2.24) is 4.90 Å². The summed E-state index contributed by atoms with van der Waals surface area (Å²) in [4.78, 5) is 13.2. The lowest BCUT2D eigenvalue weighted by Gasteiger charge is -2.26. The van der Waals surface area contributed by atoms with Crippen LogP contribution in [0.25, 0.3) is 0 Å². The molecule has 0 unspecified atom stereocenters. The molecule has 7 nitrogen and oxygen atoms in total. The van der Waals surface area contributed by atoms with E-state index in [4.69, 9.17) is 4.74 Å². The van der Waals surface area contributed by atoms with Crippen molar-refractivity contribution in [2.45, 2.75) is 6.42 Å². The maximum atomic E-state index is 11.2. The molecule has 0 saturated carbocycles. The van der Waals surface area contributed by atoms with Crippen LogP contribution in [0.15, 0.2) is 12.1 Å². The summed E-state index contributed by atoms with van der Waals surface area (Å²) in [7, 11) is 0. The van der Waals surface area contributed by atoms with Crippen molar-refractivity contribution in [1.29, 1.82) is 0 Å². The molecule has 21 heavy (non-hydrogen) atoms. The smallest absolute Gasteiger partial charge is 0.292 e. The monoisotopic (exact) mass is 292 g/mol. The van der Waals surface area contributed by atoms with Crippen molar-refractivity contribution in [3.05, 3.63) is 27.8 Å². The fraction of sp³-hybridized carbons (Fsp3) is 0.571. The second-order valence-electron chi connectivity index (χ2n) is 5.30. The van der Waals surface area contributed by atoms with E-state index in [1.165, 1.54) is 0 Å². The van der Waals surface area contributed by atoms with Crippen LogP contribution in [0.1, 0.15) is 5.56 Å². The summed E-state index contributed by atoms with van der Waals surface area (Å²) in [5.41, 5.74) is 2.89. The Labute approximate surface area is 123 Å². The molecule has 0 bridgehead atoms. The number of benzene rings is 1. The topological polar surface area (TPSA) is 79.7 Å². The van der Waals surface area contributed by atoms with Crippen molar-refractivity contribution in [3.8, 4) is 0 Å². The quantitative estimate of drug-likeness (QED) is 0.629. The molecule has 0 spiro atoms. The van der Waals surface area contributed by atoms with Crippen molar-refractivity contribution in [2.75, 3.05) is 56.6 Å². The highest BCUT2D eigenvalue weighted by molar-refractivity contribution is 5.77. The summed E-state index contributed by atoms with van der Waals surface area (Å²) in [5.74, 6) is 0. The van der Waals surface area contributed by atoms with Crippen LogP contribution in [0.4, 0.5) is 17.1 Å². The Hall–Kier alpha value is -1.86. The second kappa shape index (κ2) is 6.28. The molecule has 1 aromatic rings. The van der Waals surface area contributed by atoms with Gasteiger partial charge < -0.3 is 15.4 Å². The molecule has 1 fully saturated rings. The van der Waals surface area contributed by atoms with Gasteiger partial charge in [-0.1, -0.05) is 0 Å². The van der Waals surface area contributed by atoms with Gasteiger partial charge in [-0.25, -0.2) is 0 Å². The van der Waals surface area contributed by atoms with E-state index in [9.17, 15) is 10.1 Å². The van der Waals surface area contributed by atoms with Gasteiger partial charge >= 0.3 is 0 Å². The first-order valence-electron chi connectivity index (χ1n) is 7.34. The van der Waals surface area contributed by atoms with E-state index in [0.29, 0.717) is 12.2 Å². The highest BCUT2D eigenvalue weighted by Crippen LogP contribution is 2.36. The van der Waals surface area contributed by atoms with Crippen LogP contribution in [0.5, 0.6) is 0 Å². The number of nitro groups is 1. The van der Waals surface area contributed by atoms with Gasteiger partial charge in [0, 0.05) is 50.0 Å². The lowest BCUT2D eigenvalue weighted by molar-refractivity contribution is -0.384. The van der Waals surface area contributed by atoms with E-state index in [2.05, 4.69) is 15.5 Å². The summed E-state index contributed by atoms with van der Waals surface area (Å²) in [6.07, 6.45) is 0.830. The number of hydrogen-bond donors (Lipinski definition) is 2. The third-order valence-electron chi connectivity index (χ3n) is 4.01. The lowest BCUT2D eigenvalue weighted by Crippen LogP contribution is -2.39. The molecule has 0 aromatic heterocycles. The number of nitrogens with one attached hydrogen (secondary N) is 2. The average molecular weight is 292 g/mol. The van der Waals surface area contributed by atoms with Gasteiger partial charge in [0.1, 0.15) is 5.69 Å². The van der Waals surface area contributed by atoms with Crippen LogP contribution in [-0.2, 0) is 11.2 Å². The van der Waals surface area contributed by atoms with Crippen LogP contribution in [0, 0.1) is 10.1 Å². The average Bonchev–Trinajstić information content (AvgIpc) is 2.97. The van der Waals surface area contributed by atoms with E-state index < -0.39 is 0 Å². The number of nitro benzene ring substituents is 1. The molecular formula is C14H20N4O3. The zero-order chi connectivity index (χ0) is 14.7. The van der Waals surface area contributed by atoms with Gasteiger partial charge in [0.2, 0.25) is 0 Å². The zero-order valence-corrected chi connectivity index (χ0v) is 11.9. The van der Waals surface area contributed by atoms with E-state index in [0.717, 1.165) is 57.1 Å². The first kappa shape index (κ1) is 14.1. The minimum absolute atomic E-state index is 0.166. The zero-order valence-electron chi connectivity index (χ0n) is 11.9. The Kier molecular flexibility index (Phi) is 4.21. The number of anilines is 2. The second-order valence-corrected chi connectivity index (χ2v) is 5.30. The van der Waals surface area contributed by atoms with Gasteiger partial charge in [0.05, 0.1) is 18.1 Å². The maximum absolute atomic E-state index is 11.2. The molecule has 2 aliphatic rings. The van der Waals surface area contributed by atoms with Crippen LogP contribution in [0.2, 0.25) is 0 Å². The van der Waals surface area contributed by atoms with Gasteiger partial charge in [0.25, 0.3) is 5.69 Å². The van der Waals surface area contributed by atoms with E-state index >= 15 is 0 Å². The fourth-order valence-electron chi connectivity index (χ4n) is 2.90. The summed E-state index contributed by atoms with van der Waals surface area (Å²) < 4.78 is 5.32. The number of nitrogens with zero attached hydrogens (tertiary/aromatic N) is 2. The van der Waals surface area contributed by atoms with Gasteiger partial charge in [-0.05, 0) is 12.5 Å². The molecule has 2 aliphatic heterocycles. The number of rotatable bonds is 5. The molecule has 1 saturated heterocycles.